The molecular weight excluding hydrogens is 244 g/mol. The van der Waals surface area contributed by atoms with E-state index in [1.54, 1.807) is 6.07 Å². The van der Waals surface area contributed by atoms with Gasteiger partial charge >= 0.3 is 17.1 Å². The van der Waals surface area contributed by atoms with Gasteiger partial charge in [-0.3, -0.25) is 0 Å². The van der Waals surface area contributed by atoms with Gasteiger partial charge in [0.2, 0.25) is 0 Å². The van der Waals surface area contributed by atoms with E-state index in [4.69, 9.17) is 5.26 Å². The molecule has 88 valence electrons. The Bertz CT molecular complexity index is 332. The Morgan fingerprint density at radius 2 is 1.88 bits per heavy atom. The molecule has 0 amide bonds. The monoisotopic (exact) mass is 260 g/mol. The van der Waals surface area contributed by atoms with E-state index in [1.165, 1.54) is 0 Å². The van der Waals surface area contributed by atoms with Crippen LogP contribution in [0.3, 0.4) is 0 Å². The van der Waals surface area contributed by atoms with Crippen molar-refractivity contribution in [3.8, 4) is 5.75 Å². The largest absolute Gasteiger partial charge is 2.00 e. The summed E-state index contributed by atoms with van der Waals surface area (Å²) in [6.07, 6.45) is 0. The summed E-state index contributed by atoms with van der Waals surface area (Å²) in [5, 5.41) is 8.36. The maximum atomic E-state index is 8.36. The van der Waals surface area contributed by atoms with Gasteiger partial charge in [-0.1, -0.05) is 13.8 Å². The fourth-order valence-corrected chi connectivity index (χ4v) is 1.30. The minimum atomic E-state index is 0. The molecule has 0 spiro atoms. The molecule has 3 heteroatoms. The number of hydrogen-bond acceptors (Lipinski definition) is 2. The molecule has 1 N–H and O–H groups in total. The Morgan fingerprint density at radius 3 is 2.19 bits per heavy atom. The van der Waals surface area contributed by atoms with E-state index in [0.29, 0.717) is 11.7 Å². The molecule has 0 aliphatic rings. The molecule has 0 heterocycles. The van der Waals surface area contributed by atoms with Gasteiger partial charge in [-0.15, -0.1) is 11.6 Å². The Morgan fingerprint density at radius 1 is 1.25 bits per heavy atom. The zero-order valence-electron chi connectivity index (χ0n) is 9.41. The van der Waals surface area contributed by atoms with Gasteiger partial charge in [-0.2, -0.15) is 18.2 Å². The van der Waals surface area contributed by atoms with Crippen LogP contribution in [0.25, 0.3) is 0 Å². The molecule has 0 aliphatic heterocycles. The van der Waals surface area contributed by atoms with Crippen LogP contribution in [0.1, 0.15) is 25.3 Å². The van der Waals surface area contributed by atoms with Crippen molar-refractivity contribution in [2.45, 2.75) is 19.8 Å². The smallest absolute Gasteiger partial charge is 0.403 e. The summed E-state index contributed by atoms with van der Waals surface area (Å²) >= 11 is 0. The summed E-state index contributed by atoms with van der Waals surface area (Å²) in [6, 6.07) is 15.5. The molecular formula is C13H16FeO2. The number of rotatable bonds is 2. The Labute approximate surface area is 107 Å². The SMILES string of the molecule is CC(C)c1ccc[c-]1OO.[Fe+2].c1cc[cH-]c1. The molecule has 0 aromatic heterocycles. The third-order valence-corrected chi connectivity index (χ3v) is 2.08. The summed E-state index contributed by atoms with van der Waals surface area (Å²) in [6.45, 7) is 4.11. The quantitative estimate of drug-likeness (QED) is 0.385. The molecule has 2 aromatic carbocycles. The third-order valence-electron chi connectivity index (χ3n) is 2.08. The maximum absolute atomic E-state index is 8.36. The van der Waals surface area contributed by atoms with Crippen molar-refractivity contribution in [2.75, 3.05) is 0 Å². The minimum Gasteiger partial charge on any atom is -0.403 e. The average molecular weight is 260 g/mol. The van der Waals surface area contributed by atoms with Crippen LogP contribution in [0.5, 0.6) is 5.75 Å². The molecule has 0 fully saturated rings. The van der Waals surface area contributed by atoms with Gasteiger partial charge in [-0.25, -0.2) is 29.5 Å². The van der Waals surface area contributed by atoms with Crippen molar-refractivity contribution in [3.05, 3.63) is 54.1 Å². The van der Waals surface area contributed by atoms with Crippen LogP contribution in [-0.4, -0.2) is 5.26 Å². The van der Waals surface area contributed by atoms with Gasteiger partial charge in [0.25, 0.3) is 0 Å². The van der Waals surface area contributed by atoms with Crippen molar-refractivity contribution in [1.29, 1.82) is 0 Å². The molecule has 2 nitrogen and oxygen atoms in total. The van der Waals surface area contributed by atoms with E-state index in [1.807, 2.05) is 42.5 Å². The van der Waals surface area contributed by atoms with Gasteiger partial charge in [-0.05, 0) is 5.92 Å². The summed E-state index contributed by atoms with van der Waals surface area (Å²) in [5.41, 5.74) is 1.04. The van der Waals surface area contributed by atoms with E-state index in [-0.39, 0.29) is 17.1 Å². The predicted molar refractivity (Wildman–Crippen MR) is 61.4 cm³/mol. The van der Waals surface area contributed by atoms with Gasteiger partial charge in [0.1, 0.15) is 0 Å². The Kier molecular flexibility index (Phi) is 7.65. The zero-order valence-corrected chi connectivity index (χ0v) is 10.5. The molecule has 0 saturated heterocycles. The predicted octanol–water partition coefficient (Wildman–Crippen LogP) is 3.78. The van der Waals surface area contributed by atoms with E-state index in [9.17, 15) is 0 Å². The van der Waals surface area contributed by atoms with Crippen LogP contribution in [0.2, 0.25) is 0 Å². The first-order valence-electron chi connectivity index (χ1n) is 4.99. The third kappa shape index (κ3) is 4.67. The van der Waals surface area contributed by atoms with Crippen LogP contribution >= 0.6 is 0 Å². The van der Waals surface area contributed by atoms with Crippen molar-refractivity contribution >= 4 is 0 Å². The molecule has 2 rings (SSSR count). The first-order valence-corrected chi connectivity index (χ1v) is 4.99. The first kappa shape index (κ1) is 15.0. The van der Waals surface area contributed by atoms with Crippen LogP contribution in [0.4, 0.5) is 0 Å². The summed E-state index contributed by atoms with van der Waals surface area (Å²) in [5.74, 6) is 0.965. The van der Waals surface area contributed by atoms with Crippen molar-refractivity contribution in [1.82, 2.24) is 0 Å². The van der Waals surface area contributed by atoms with Gasteiger partial charge in [0.05, 0.1) is 5.75 Å². The number of hydrogen-bond donors (Lipinski definition) is 1. The first-order chi connectivity index (χ1) is 7.25. The van der Waals surface area contributed by atoms with Gasteiger partial charge in [0.15, 0.2) is 0 Å². The molecule has 0 saturated carbocycles. The van der Waals surface area contributed by atoms with E-state index in [0.717, 1.165) is 5.56 Å². The van der Waals surface area contributed by atoms with Crippen molar-refractivity contribution in [2.24, 2.45) is 0 Å². The maximum Gasteiger partial charge on any atom is 2.00 e. The topological polar surface area (TPSA) is 29.5 Å². The van der Waals surface area contributed by atoms with Crippen LogP contribution in [-0.2, 0) is 17.1 Å². The van der Waals surface area contributed by atoms with Gasteiger partial charge < -0.3 is 4.89 Å². The molecule has 16 heavy (non-hydrogen) atoms. The second-order valence-electron chi connectivity index (χ2n) is 3.55. The second kappa shape index (κ2) is 8.17. The Balaban J connectivity index is 0.000000318. The second-order valence-corrected chi connectivity index (χ2v) is 3.55. The Hall–Kier alpha value is -1.02. The summed E-state index contributed by atoms with van der Waals surface area (Å²) < 4.78 is 0. The average Bonchev–Trinajstić information content (AvgIpc) is 2.92. The molecule has 0 unspecified atom stereocenters. The summed E-state index contributed by atoms with van der Waals surface area (Å²) in [4.78, 5) is 4.15. The van der Waals surface area contributed by atoms with Crippen LogP contribution in [0.15, 0.2) is 48.5 Å². The molecule has 0 radical (unpaired) electrons. The zero-order chi connectivity index (χ0) is 11.1. The molecule has 2 aromatic rings. The summed E-state index contributed by atoms with van der Waals surface area (Å²) in [7, 11) is 0. The van der Waals surface area contributed by atoms with Crippen LogP contribution in [0, 0.1) is 0 Å². The van der Waals surface area contributed by atoms with E-state index >= 15 is 0 Å². The minimum absolute atomic E-state index is 0. The van der Waals surface area contributed by atoms with Crippen LogP contribution < -0.4 is 4.89 Å². The normalized spacial score (nSPS) is 9.00. The van der Waals surface area contributed by atoms with Gasteiger partial charge in [0, 0.05) is 0 Å². The van der Waals surface area contributed by atoms with Crippen molar-refractivity contribution < 1.29 is 27.2 Å². The standard InChI is InChI=1S/C8H11O2.C5H5.Fe/c1-6(2)7-4-3-5-8(7)10-9;1-2-4-5-3-1;/h3-6,9H,1-2H3;1-5H;/q2*-1;+2. The fourth-order valence-electron chi connectivity index (χ4n) is 1.30. The van der Waals surface area contributed by atoms with Crippen molar-refractivity contribution in [3.63, 3.8) is 0 Å². The fraction of sp³-hybridized carbons (Fsp3) is 0.231. The molecule has 0 aliphatic carbocycles. The van der Waals surface area contributed by atoms with E-state index in [2.05, 4.69) is 18.7 Å². The molecule has 0 bridgehead atoms. The van der Waals surface area contributed by atoms with E-state index < -0.39 is 0 Å². The molecule has 0 atom stereocenters.